The van der Waals surface area contributed by atoms with E-state index in [0.29, 0.717) is 5.75 Å². The Bertz CT molecular complexity index is 735. The Morgan fingerprint density at radius 1 is 1.28 bits per heavy atom. The molecule has 1 heterocycles. The Hall–Kier alpha value is -1.25. The number of sulfonamides is 1. The molecule has 0 spiro atoms. The lowest BCUT2D eigenvalue weighted by molar-refractivity contribution is -0.160. The second kappa shape index (κ2) is 6.81. The van der Waals surface area contributed by atoms with Gasteiger partial charge in [0.1, 0.15) is 17.4 Å². The van der Waals surface area contributed by atoms with Crippen molar-refractivity contribution in [3.8, 4) is 5.75 Å². The van der Waals surface area contributed by atoms with E-state index < -0.39 is 32.4 Å². The van der Waals surface area contributed by atoms with E-state index >= 15 is 0 Å². The summed E-state index contributed by atoms with van der Waals surface area (Å²) in [5.41, 5.74) is -0.705. The fourth-order valence-corrected chi connectivity index (χ4v) is 5.81. The number of nitrogens with zero attached hydrogens (tertiary/aromatic N) is 1. The number of phenolic OH excluding ortho intramolecular Hbond substituents is 1. The first kappa shape index (κ1) is 20.1. The summed E-state index contributed by atoms with van der Waals surface area (Å²) >= 11 is 1.55. The summed E-state index contributed by atoms with van der Waals surface area (Å²) < 4.78 is 32.3. The number of carbonyl (C=O) groups is 1. The predicted molar refractivity (Wildman–Crippen MR) is 98.2 cm³/mol. The molecule has 25 heavy (non-hydrogen) atoms. The number of hydrogen-bond acceptors (Lipinski definition) is 6. The van der Waals surface area contributed by atoms with Gasteiger partial charge in [-0.3, -0.25) is 4.79 Å². The van der Waals surface area contributed by atoms with Crippen molar-refractivity contribution < 1.29 is 23.1 Å². The summed E-state index contributed by atoms with van der Waals surface area (Å²) in [6, 6.07) is 4.39. The molecule has 1 fully saturated rings. The average molecular weight is 388 g/mol. The first-order valence-corrected chi connectivity index (χ1v) is 10.4. The van der Waals surface area contributed by atoms with Crippen LogP contribution in [0.5, 0.6) is 5.75 Å². The van der Waals surface area contributed by atoms with E-state index in [4.69, 9.17) is 4.74 Å². The van der Waals surface area contributed by atoms with Gasteiger partial charge in [0.25, 0.3) is 0 Å². The van der Waals surface area contributed by atoms with Crippen molar-refractivity contribution in [3.05, 3.63) is 24.3 Å². The van der Waals surface area contributed by atoms with Crippen LogP contribution in [0.3, 0.4) is 0 Å². The molecule has 0 aromatic heterocycles. The summed E-state index contributed by atoms with van der Waals surface area (Å²) in [5, 5.41) is 9.40. The average Bonchev–Trinajstić information content (AvgIpc) is 2.44. The third-order valence-corrected chi connectivity index (χ3v) is 7.04. The molecule has 2 rings (SSSR count). The van der Waals surface area contributed by atoms with Crippen LogP contribution in [0.2, 0.25) is 0 Å². The van der Waals surface area contributed by atoms with E-state index in [9.17, 15) is 18.3 Å². The highest BCUT2D eigenvalue weighted by Crippen LogP contribution is 2.39. The molecule has 140 valence electrons. The van der Waals surface area contributed by atoms with Crippen molar-refractivity contribution >= 4 is 27.8 Å². The highest BCUT2D eigenvalue weighted by atomic mass is 32.2. The summed E-state index contributed by atoms with van der Waals surface area (Å²) in [5.74, 6) is 0.0214. The molecule has 0 radical (unpaired) electrons. The maximum absolute atomic E-state index is 13.1. The van der Waals surface area contributed by atoms with Crippen LogP contribution in [-0.4, -0.2) is 52.5 Å². The fourth-order valence-electron chi connectivity index (χ4n) is 2.72. The second-order valence-corrected chi connectivity index (χ2v) is 11.1. The topological polar surface area (TPSA) is 83.9 Å². The van der Waals surface area contributed by atoms with Gasteiger partial charge in [-0.05, 0) is 58.9 Å². The third-order valence-electron chi connectivity index (χ3n) is 3.81. The molecule has 0 bridgehead atoms. The lowest BCUT2D eigenvalue weighted by atomic mass is 10.0. The Morgan fingerprint density at radius 3 is 2.36 bits per heavy atom. The van der Waals surface area contributed by atoms with Crippen LogP contribution in [-0.2, 0) is 19.6 Å². The normalized spacial score (nSPS) is 21.7. The monoisotopic (exact) mass is 387 g/mol. The Kier molecular flexibility index (Phi) is 5.47. The first-order valence-electron chi connectivity index (χ1n) is 8.02. The van der Waals surface area contributed by atoms with Gasteiger partial charge in [0.2, 0.25) is 10.0 Å². The van der Waals surface area contributed by atoms with Crippen molar-refractivity contribution in [2.45, 2.75) is 55.9 Å². The van der Waals surface area contributed by atoms with Gasteiger partial charge in [-0.15, -0.1) is 0 Å². The van der Waals surface area contributed by atoms with Gasteiger partial charge < -0.3 is 9.84 Å². The molecule has 6 nitrogen and oxygen atoms in total. The molecule has 0 saturated carbocycles. The molecule has 1 aliphatic heterocycles. The van der Waals surface area contributed by atoms with Crippen LogP contribution >= 0.6 is 11.8 Å². The number of aromatic hydroxyl groups is 1. The number of phenols is 1. The van der Waals surface area contributed by atoms with E-state index in [-0.39, 0.29) is 17.2 Å². The highest BCUT2D eigenvalue weighted by molar-refractivity contribution is 8.00. The smallest absolute Gasteiger partial charge is 0.326 e. The van der Waals surface area contributed by atoms with Crippen LogP contribution in [0, 0.1) is 0 Å². The Labute approximate surface area is 153 Å². The summed E-state index contributed by atoms with van der Waals surface area (Å²) in [6.45, 7) is 9.20. The molecule has 1 N–H and O–H groups in total. The minimum absolute atomic E-state index is 0.0165. The molecule has 0 amide bonds. The van der Waals surface area contributed by atoms with E-state index in [2.05, 4.69) is 0 Å². The SMILES string of the molecule is CC(C)(C)OC(=O)C1N(S(=O)(=O)c2ccc(O)cc2)CCSC1(C)C. The zero-order valence-electron chi connectivity index (χ0n) is 15.1. The van der Waals surface area contributed by atoms with Crippen molar-refractivity contribution in [1.82, 2.24) is 4.31 Å². The van der Waals surface area contributed by atoms with Gasteiger partial charge >= 0.3 is 5.97 Å². The molecular formula is C17H25NO5S2. The van der Waals surface area contributed by atoms with Crippen molar-refractivity contribution in [3.63, 3.8) is 0 Å². The van der Waals surface area contributed by atoms with E-state index in [1.807, 2.05) is 13.8 Å². The number of hydrogen-bond donors (Lipinski definition) is 1. The van der Waals surface area contributed by atoms with Gasteiger partial charge in [-0.25, -0.2) is 8.42 Å². The molecule has 0 aliphatic carbocycles. The lowest BCUT2D eigenvalue weighted by Gasteiger charge is -2.44. The van der Waals surface area contributed by atoms with Crippen LogP contribution in [0.4, 0.5) is 0 Å². The summed E-state index contributed by atoms with van der Waals surface area (Å²) in [7, 11) is -3.89. The van der Waals surface area contributed by atoms with Gasteiger partial charge in [0, 0.05) is 17.0 Å². The standard InChI is InChI=1S/C17H25NO5S2/c1-16(2,3)23-15(20)14-17(4,5)24-11-10-18(14)25(21,22)13-8-6-12(19)7-9-13/h6-9,14,19H,10-11H2,1-5H3. The summed E-state index contributed by atoms with van der Waals surface area (Å²) in [4.78, 5) is 12.8. The van der Waals surface area contributed by atoms with E-state index in [0.717, 1.165) is 0 Å². The van der Waals surface area contributed by atoms with Crippen molar-refractivity contribution in [2.24, 2.45) is 0 Å². The van der Waals surface area contributed by atoms with Crippen LogP contribution in [0.25, 0.3) is 0 Å². The minimum Gasteiger partial charge on any atom is -0.508 e. The van der Waals surface area contributed by atoms with Crippen molar-refractivity contribution in [1.29, 1.82) is 0 Å². The quantitative estimate of drug-likeness (QED) is 0.803. The fraction of sp³-hybridized carbons (Fsp3) is 0.588. The number of esters is 1. The van der Waals surface area contributed by atoms with Crippen LogP contribution in [0.15, 0.2) is 29.2 Å². The molecule has 1 saturated heterocycles. The first-order chi connectivity index (χ1) is 11.3. The maximum Gasteiger partial charge on any atom is 0.326 e. The Balaban J connectivity index is 2.45. The minimum atomic E-state index is -3.89. The van der Waals surface area contributed by atoms with Crippen LogP contribution < -0.4 is 0 Å². The van der Waals surface area contributed by atoms with Gasteiger partial charge in [-0.2, -0.15) is 16.1 Å². The number of rotatable bonds is 3. The highest BCUT2D eigenvalue weighted by Gasteiger charge is 2.49. The van der Waals surface area contributed by atoms with Gasteiger partial charge in [-0.1, -0.05) is 0 Å². The zero-order chi connectivity index (χ0) is 19.0. The molecule has 1 aliphatic rings. The molecular weight excluding hydrogens is 362 g/mol. The number of benzene rings is 1. The number of ether oxygens (including phenoxy) is 1. The van der Waals surface area contributed by atoms with Gasteiger partial charge in [0.15, 0.2) is 0 Å². The Morgan fingerprint density at radius 2 is 1.84 bits per heavy atom. The zero-order valence-corrected chi connectivity index (χ0v) is 16.8. The number of thioether (sulfide) groups is 1. The van der Waals surface area contributed by atoms with Gasteiger partial charge in [0.05, 0.1) is 4.90 Å². The van der Waals surface area contributed by atoms with E-state index in [1.165, 1.54) is 28.6 Å². The molecule has 1 aromatic rings. The molecule has 1 aromatic carbocycles. The molecule has 1 unspecified atom stereocenters. The molecule has 8 heteroatoms. The lowest BCUT2D eigenvalue weighted by Crippen LogP contribution is -2.59. The number of carbonyl (C=O) groups excluding carboxylic acids is 1. The summed E-state index contributed by atoms with van der Waals surface area (Å²) in [6.07, 6.45) is 0. The second-order valence-electron chi connectivity index (χ2n) is 7.50. The largest absolute Gasteiger partial charge is 0.508 e. The maximum atomic E-state index is 13.1. The van der Waals surface area contributed by atoms with E-state index in [1.54, 1.807) is 32.5 Å². The third kappa shape index (κ3) is 4.48. The predicted octanol–water partition coefficient (Wildman–Crippen LogP) is 2.62. The van der Waals surface area contributed by atoms with Crippen molar-refractivity contribution in [2.75, 3.05) is 12.3 Å². The molecule has 1 atom stereocenters. The van der Waals surface area contributed by atoms with Crippen LogP contribution in [0.1, 0.15) is 34.6 Å².